The number of benzene rings is 1. The van der Waals surface area contributed by atoms with E-state index in [0.29, 0.717) is 6.54 Å². The number of nitrogens with zero attached hydrogens (tertiary/aromatic N) is 1. The Labute approximate surface area is 105 Å². The van der Waals surface area contributed by atoms with Crippen LogP contribution in [0.15, 0.2) is 30.5 Å². The molecule has 4 nitrogen and oxygen atoms in total. The summed E-state index contributed by atoms with van der Waals surface area (Å²) in [7, 11) is 0. The van der Waals surface area contributed by atoms with E-state index in [0.717, 1.165) is 17.7 Å². The molecule has 3 aromatic rings. The van der Waals surface area contributed by atoms with E-state index in [-0.39, 0.29) is 0 Å². The lowest BCUT2D eigenvalue weighted by Gasteiger charge is -1.98. The number of aromatic nitrogens is 3. The summed E-state index contributed by atoms with van der Waals surface area (Å²) in [5.74, 6) is 0. The van der Waals surface area contributed by atoms with Crippen LogP contribution in [-0.4, -0.2) is 15.2 Å². The van der Waals surface area contributed by atoms with Gasteiger partial charge in [-0.15, -0.1) is 0 Å². The predicted molar refractivity (Wildman–Crippen MR) is 72.3 cm³/mol. The van der Waals surface area contributed by atoms with Crippen LogP contribution in [0.3, 0.4) is 0 Å². The minimum atomic E-state index is 0.495. The number of hydrogen-bond donors (Lipinski definition) is 3. The van der Waals surface area contributed by atoms with Crippen LogP contribution in [0.4, 0.5) is 0 Å². The normalized spacial score (nSPS) is 11.2. The van der Waals surface area contributed by atoms with Gasteiger partial charge in [0.2, 0.25) is 0 Å². The summed E-state index contributed by atoms with van der Waals surface area (Å²) >= 11 is 0. The number of hydrogen-bond acceptors (Lipinski definition) is 2. The molecule has 2 aromatic heterocycles. The highest BCUT2D eigenvalue weighted by Gasteiger charge is 2.07. The van der Waals surface area contributed by atoms with E-state index in [1.165, 1.54) is 22.2 Å². The van der Waals surface area contributed by atoms with Crippen LogP contribution >= 0.6 is 0 Å². The highest BCUT2D eigenvalue weighted by molar-refractivity contribution is 5.81. The van der Waals surface area contributed by atoms with Gasteiger partial charge in [0.15, 0.2) is 0 Å². The molecule has 18 heavy (non-hydrogen) atoms. The molecule has 1 aromatic carbocycles. The topological polar surface area (TPSA) is 70.5 Å². The Morgan fingerprint density at radius 2 is 2.17 bits per heavy atom. The molecule has 92 valence electrons. The van der Waals surface area contributed by atoms with E-state index < -0.39 is 0 Å². The number of rotatable bonds is 3. The summed E-state index contributed by atoms with van der Waals surface area (Å²) in [6.07, 6.45) is 2.68. The maximum absolute atomic E-state index is 5.66. The van der Waals surface area contributed by atoms with Gasteiger partial charge in [-0.2, -0.15) is 5.10 Å². The van der Waals surface area contributed by atoms with Crippen molar-refractivity contribution in [1.29, 1.82) is 0 Å². The number of nitrogens with two attached hydrogens (primary N) is 1. The minimum absolute atomic E-state index is 0.495. The van der Waals surface area contributed by atoms with Crippen LogP contribution in [0, 0.1) is 6.92 Å². The molecule has 0 radical (unpaired) electrons. The summed E-state index contributed by atoms with van der Waals surface area (Å²) in [6, 6.07) is 8.62. The fourth-order valence-corrected chi connectivity index (χ4v) is 2.27. The fourth-order valence-electron chi connectivity index (χ4n) is 2.27. The zero-order valence-electron chi connectivity index (χ0n) is 10.3. The van der Waals surface area contributed by atoms with Gasteiger partial charge in [0.25, 0.3) is 0 Å². The Balaban J connectivity index is 1.95. The third-order valence-electron chi connectivity index (χ3n) is 3.23. The van der Waals surface area contributed by atoms with E-state index in [9.17, 15) is 0 Å². The summed E-state index contributed by atoms with van der Waals surface area (Å²) in [5.41, 5.74) is 11.5. The molecule has 0 unspecified atom stereocenters. The lowest BCUT2D eigenvalue weighted by molar-refractivity contribution is 0.930. The molecule has 0 saturated carbocycles. The van der Waals surface area contributed by atoms with Crippen LogP contribution in [0.2, 0.25) is 0 Å². The molecule has 2 heterocycles. The maximum Gasteiger partial charge on any atom is 0.0526 e. The molecule has 0 aliphatic rings. The number of aromatic amines is 2. The molecule has 0 aliphatic carbocycles. The number of aryl methyl sites for hydroxylation is 1. The largest absolute Gasteiger partial charge is 0.358 e. The highest BCUT2D eigenvalue weighted by Crippen LogP contribution is 2.19. The van der Waals surface area contributed by atoms with Gasteiger partial charge < -0.3 is 10.7 Å². The SMILES string of the molecule is Cc1ccc2cc(Cc3cn[nH]c3CN)[nH]c2c1. The lowest BCUT2D eigenvalue weighted by Crippen LogP contribution is -2.01. The molecule has 0 amide bonds. The number of nitrogens with one attached hydrogen (secondary N) is 2. The van der Waals surface area contributed by atoms with Gasteiger partial charge in [-0.05, 0) is 30.0 Å². The lowest BCUT2D eigenvalue weighted by atomic mass is 10.1. The monoisotopic (exact) mass is 240 g/mol. The average Bonchev–Trinajstić information content (AvgIpc) is 2.94. The zero-order valence-corrected chi connectivity index (χ0v) is 10.3. The Morgan fingerprint density at radius 1 is 1.28 bits per heavy atom. The standard InChI is InChI=1S/C14H16N4/c1-9-2-3-10-5-12(17-13(10)4-9)6-11-8-16-18-14(11)7-15/h2-5,8,17H,6-7,15H2,1H3,(H,16,18). The molecule has 0 aliphatic heterocycles. The first-order valence-electron chi connectivity index (χ1n) is 6.05. The van der Waals surface area contributed by atoms with Crippen LogP contribution in [0.5, 0.6) is 0 Å². The second-order valence-electron chi connectivity index (χ2n) is 4.64. The second-order valence-corrected chi connectivity index (χ2v) is 4.64. The van der Waals surface area contributed by atoms with Crippen LogP contribution in [0.1, 0.15) is 22.5 Å². The molecular weight excluding hydrogens is 224 g/mol. The first-order chi connectivity index (χ1) is 8.76. The van der Waals surface area contributed by atoms with Crippen molar-refractivity contribution in [3.05, 3.63) is 53.0 Å². The second kappa shape index (κ2) is 4.31. The third kappa shape index (κ3) is 1.91. The first kappa shape index (κ1) is 11.0. The van der Waals surface area contributed by atoms with Crippen molar-refractivity contribution < 1.29 is 0 Å². The van der Waals surface area contributed by atoms with Gasteiger partial charge in [-0.25, -0.2) is 0 Å². The predicted octanol–water partition coefficient (Wildman–Crippen LogP) is 2.25. The van der Waals surface area contributed by atoms with Crippen molar-refractivity contribution in [1.82, 2.24) is 15.2 Å². The van der Waals surface area contributed by atoms with Crippen molar-refractivity contribution in [2.24, 2.45) is 5.73 Å². The van der Waals surface area contributed by atoms with E-state index in [2.05, 4.69) is 46.4 Å². The molecule has 0 spiro atoms. The molecule has 0 bridgehead atoms. The summed E-state index contributed by atoms with van der Waals surface area (Å²) in [5, 5.41) is 8.21. The number of fused-ring (bicyclic) bond motifs is 1. The molecule has 0 saturated heterocycles. The van der Waals surface area contributed by atoms with Crippen molar-refractivity contribution >= 4 is 10.9 Å². The first-order valence-corrected chi connectivity index (χ1v) is 6.05. The number of H-pyrrole nitrogens is 2. The van der Waals surface area contributed by atoms with Gasteiger partial charge >= 0.3 is 0 Å². The van der Waals surface area contributed by atoms with Crippen LogP contribution < -0.4 is 5.73 Å². The molecular formula is C14H16N4. The summed E-state index contributed by atoms with van der Waals surface area (Å²) in [6.45, 7) is 2.59. The van der Waals surface area contributed by atoms with Gasteiger partial charge in [0, 0.05) is 29.7 Å². The molecule has 0 fully saturated rings. The third-order valence-corrected chi connectivity index (χ3v) is 3.23. The zero-order chi connectivity index (χ0) is 12.5. The van der Waals surface area contributed by atoms with Crippen molar-refractivity contribution in [3.63, 3.8) is 0 Å². The Kier molecular flexibility index (Phi) is 2.64. The van der Waals surface area contributed by atoms with Gasteiger partial charge in [-0.1, -0.05) is 12.1 Å². The Hall–Kier alpha value is -2.07. The Morgan fingerprint density at radius 3 is 3.00 bits per heavy atom. The van der Waals surface area contributed by atoms with Gasteiger partial charge in [-0.3, -0.25) is 5.10 Å². The average molecular weight is 240 g/mol. The van der Waals surface area contributed by atoms with E-state index in [4.69, 9.17) is 5.73 Å². The van der Waals surface area contributed by atoms with Crippen molar-refractivity contribution in [3.8, 4) is 0 Å². The fraction of sp³-hybridized carbons (Fsp3) is 0.214. The Bertz CT molecular complexity index is 678. The molecule has 4 N–H and O–H groups in total. The van der Waals surface area contributed by atoms with Crippen LogP contribution in [-0.2, 0) is 13.0 Å². The molecule has 0 atom stereocenters. The van der Waals surface area contributed by atoms with E-state index in [1.807, 2.05) is 6.20 Å². The van der Waals surface area contributed by atoms with Crippen LogP contribution in [0.25, 0.3) is 10.9 Å². The van der Waals surface area contributed by atoms with E-state index in [1.54, 1.807) is 0 Å². The molecule has 3 rings (SSSR count). The smallest absolute Gasteiger partial charge is 0.0526 e. The van der Waals surface area contributed by atoms with Crippen molar-refractivity contribution in [2.45, 2.75) is 19.9 Å². The van der Waals surface area contributed by atoms with Gasteiger partial charge in [0.05, 0.1) is 11.9 Å². The minimum Gasteiger partial charge on any atom is -0.358 e. The quantitative estimate of drug-likeness (QED) is 0.657. The maximum atomic E-state index is 5.66. The van der Waals surface area contributed by atoms with E-state index >= 15 is 0 Å². The summed E-state index contributed by atoms with van der Waals surface area (Å²) in [4.78, 5) is 3.44. The highest BCUT2D eigenvalue weighted by atomic mass is 15.1. The van der Waals surface area contributed by atoms with Gasteiger partial charge in [0.1, 0.15) is 0 Å². The van der Waals surface area contributed by atoms with Crippen molar-refractivity contribution in [2.75, 3.05) is 0 Å². The molecule has 4 heteroatoms. The summed E-state index contributed by atoms with van der Waals surface area (Å²) < 4.78 is 0.